The Hall–Kier alpha value is -1.68. The van der Waals surface area contributed by atoms with Crippen LogP contribution in [0.15, 0.2) is 53.0 Å². The minimum Gasteiger partial charge on any atom is -0.187 e. The summed E-state index contributed by atoms with van der Waals surface area (Å²) < 4.78 is 1.07. The van der Waals surface area contributed by atoms with Gasteiger partial charge in [0.05, 0.1) is 0 Å². The minimum absolute atomic E-state index is 0.0918. The molecule has 0 saturated heterocycles. The molecule has 0 bridgehead atoms. The van der Waals surface area contributed by atoms with Gasteiger partial charge in [-0.1, -0.05) is 59.3 Å². The van der Waals surface area contributed by atoms with Crippen LogP contribution >= 0.6 is 15.9 Å². The Balaban J connectivity index is 2.11. The van der Waals surface area contributed by atoms with Crippen molar-refractivity contribution in [3.8, 4) is 11.3 Å². The van der Waals surface area contributed by atoms with Gasteiger partial charge >= 0.3 is 0 Å². The Morgan fingerprint density at radius 2 is 1.90 bits per heavy atom. The number of aromatic nitrogens is 3. The molecule has 1 unspecified atom stereocenters. The number of hydrogen-bond acceptors (Lipinski definition) is 2. The first kappa shape index (κ1) is 13.3. The molecule has 1 aliphatic carbocycles. The highest BCUT2D eigenvalue weighted by Crippen LogP contribution is 2.36. The van der Waals surface area contributed by atoms with Crippen LogP contribution in [0.2, 0.25) is 0 Å². The van der Waals surface area contributed by atoms with Gasteiger partial charge in [-0.3, -0.25) is 0 Å². The predicted octanol–water partition coefficient (Wildman–Crippen LogP) is 4.02. The molecular weight excluding hydrogens is 314 g/mol. The summed E-state index contributed by atoms with van der Waals surface area (Å²) in [5.41, 5.74) is 3.00. The van der Waals surface area contributed by atoms with E-state index in [4.69, 9.17) is 0 Å². The lowest BCUT2D eigenvalue weighted by atomic mass is 9.79. The van der Waals surface area contributed by atoms with E-state index in [1.165, 1.54) is 0 Å². The van der Waals surface area contributed by atoms with E-state index in [1.807, 2.05) is 19.2 Å². The molecule has 1 atom stereocenters. The smallest absolute Gasteiger partial charge is 0.117 e. The van der Waals surface area contributed by atoms with E-state index in [-0.39, 0.29) is 5.41 Å². The van der Waals surface area contributed by atoms with E-state index in [0.717, 1.165) is 27.8 Å². The van der Waals surface area contributed by atoms with Crippen molar-refractivity contribution in [2.45, 2.75) is 18.8 Å². The maximum Gasteiger partial charge on any atom is 0.117 e. The first-order valence-corrected chi connectivity index (χ1v) is 7.40. The number of nitrogens with zero attached hydrogens (tertiary/aromatic N) is 3. The van der Waals surface area contributed by atoms with Crippen molar-refractivity contribution in [3.63, 3.8) is 0 Å². The Kier molecular flexibility index (Phi) is 3.34. The van der Waals surface area contributed by atoms with Gasteiger partial charge in [0.15, 0.2) is 0 Å². The fourth-order valence-corrected chi connectivity index (χ4v) is 2.76. The maximum atomic E-state index is 4.61. The summed E-state index contributed by atoms with van der Waals surface area (Å²) in [5.74, 6) is 0. The molecule has 1 aliphatic rings. The van der Waals surface area contributed by atoms with Crippen LogP contribution in [0.5, 0.6) is 0 Å². The molecule has 1 aromatic carbocycles. The van der Waals surface area contributed by atoms with Crippen molar-refractivity contribution in [1.82, 2.24) is 15.0 Å². The molecule has 102 valence electrons. The second kappa shape index (κ2) is 5.02. The average Bonchev–Trinajstić information content (AvgIpc) is 2.83. The standard InChI is InChI=1S/C16H16BrN3/c1-16(10-4-3-5-11-16)15-14(18-20(2)19-15)12-6-8-13(17)9-7-12/h3-10H,11H2,1-2H3. The molecule has 3 rings (SSSR count). The minimum atomic E-state index is -0.0918. The van der Waals surface area contributed by atoms with Crippen LogP contribution in [0.4, 0.5) is 0 Å². The van der Waals surface area contributed by atoms with Crippen LogP contribution in [0.25, 0.3) is 11.3 Å². The van der Waals surface area contributed by atoms with Crippen molar-refractivity contribution in [1.29, 1.82) is 0 Å². The van der Waals surface area contributed by atoms with Crippen LogP contribution in [0.1, 0.15) is 19.0 Å². The molecule has 0 fully saturated rings. The lowest BCUT2D eigenvalue weighted by molar-refractivity contribution is 0.555. The quantitative estimate of drug-likeness (QED) is 0.833. The topological polar surface area (TPSA) is 30.7 Å². The van der Waals surface area contributed by atoms with Crippen LogP contribution < -0.4 is 0 Å². The summed E-state index contributed by atoms with van der Waals surface area (Å²) in [6.07, 6.45) is 9.51. The van der Waals surface area contributed by atoms with E-state index in [2.05, 4.69) is 69.5 Å². The highest BCUT2D eigenvalue weighted by atomic mass is 79.9. The van der Waals surface area contributed by atoms with E-state index < -0.39 is 0 Å². The average molecular weight is 330 g/mol. The molecule has 0 radical (unpaired) electrons. The molecule has 1 aromatic heterocycles. The third-order valence-electron chi connectivity index (χ3n) is 3.63. The molecule has 4 heteroatoms. The summed E-state index contributed by atoms with van der Waals surface area (Å²) in [6.45, 7) is 2.21. The van der Waals surface area contributed by atoms with Gasteiger partial charge in [0, 0.05) is 22.5 Å². The normalized spacial score (nSPS) is 21.4. The maximum absolute atomic E-state index is 4.61. The molecule has 0 N–H and O–H groups in total. The van der Waals surface area contributed by atoms with Gasteiger partial charge in [-0.05, 0) is 18.6 Å². The first-order chi connectivity index (χ1) is 9.58. The summed E-state index contributed by atoms with van der Waals surface area (Å²) in [4.78, 5) is 1.66. The van der Waals surface area contributed by atoms with Gasteiger partial charge < -0.3 is 0 Å². The molecule has 3 nitrogen and oxygen atoms in total. The van der Waals surface area contributed by atoms with Gasteiger partial charge in [0.2, 0.25) is 0 Å². The Morgan fingerprint density at radius 1 is 1.15 bits per heavy atom. The lowest BCUT2D eigenvalue weighted by Crippen LogP contribution is -2.21. The Morgan fingerprint density at radius 3 is 2.55 bits per heavy atom. The molecular formula is C16H16BrN3. The van der Waals surface area contributed by atoms with Crippen LogP contribution in [-0.4, -0.2) is 15.0 Å². The molecule has 2 aromatic rings. The van der Waals surface area contributed by atoms with E-state index >= 15 is 0 Å². The van der Waals surface area contributed by atoms with E-state index in [0.29, 0.717) is 0 Å². The molecule has 20 heavy (non-hydrogen) atoms. The van der Waals surface area contributed by atoms with Gasteiger partial charge in [-0.25, -0.2) is 0 Å². The van der Waals surface area contributed by atoms with Crippen molar-refractivity contribution >= 4 is 15.9 Å². The SMILES string of the molecule is Cn1nc(-c2ccc(Br)cc2)c(C2(C)C=CC=CC2)n1. The Labute approximate surface area is 127 Å². The number of halogens is 1. The number of aryl methyl sites for hydroxylation is 1. The van der Waals surface area contributed by atoms with Crippen LogP contribution in [0, 0.1) is 0 Å². The molecule has 0 spiro atoms. The zero-order chi connectivity index (χ0) is 14.2. The van der Waals surface area contributed by atoms with Crippen molar-refractivity contribution in [2.75, 3.05) is 0 Å². The summed E-state index contributed by atoms with van der Waals surface area (Å²) in [7, 11) is 1.87. The summed E-state index contributed by atoms with van der Waals surface area (Å²) >= 11 is 3.47. The van der Waals surface area contributed by atoms with Crippen LogP contribution in [0.3, 0.4) is 0 Å². The Bertz CT molecular complexity index is 682. The number of hydrogen-bond donors (Lipinski definition) is 0. The third kappa shape index (κ3) is 2.36. The third-order valence-corrected chi connectivity index (χ3v) is 4.15. The fraction of sp³-hybridized carbons (Fsp3) is 0.250. The van der Waals surface area contributed by atoms with Gasteiger partial charge in [-0.15, -0.1) is 0 Å². The van der Waals surface area contributed by atoms with Gasteiger partial charge in [0.25, 0.3) is 0 Å². The number of rotatable bonds is 2. The molecule has 0 saturated carbocycles. The van der Waals surface area contributed by atoms with Gasteiger partial charge in [-0.2, -0.15) is 15.0 Å². The van der Waals surface area contributed by atoms with Gasteiger partial charge in [0.1, 0.15) is 11.4 Å². The number of allylic oxidation sites excluding steroid dienone is 4. The molecule has 0 amide bonds. The first-order valence-electron chi connectivity index (χ1n) is 6.61. The monoisotopic (exact) mass is 329 g/mol. The summed E-state index contributed by atoms with van der Waals surface area (Å²) in [6, 6.07) is 8.21. The van der Waals surface area contributed by atoms with E-state index in [1.54, 1.807) is 4.80 Å². The van der Waals surface area contributed by atoms with Crippen molar-refractivity contribution in [2.24, 2.45) is 7.05 Å². The fourth-order valence-electron chi connectivity index (χ4n) is 2.50. The summed E-state index contributed by atoms with van der Waals surface area (Å²) in [5, 5.41) is 9.18. The highest BCUT2D eigenvalue weighted by Gasteiger charge is 2.31. The van der Waals surface area contributed by atoms with Crippen molar-refractivity contribution < 1.29 is 0 Å². The van der Waals surface area contributed by atoms with Crippen molar-refractivity contribution in [3.05, 3.63) is 58.7 Å². The van der Waals surface area contributed by atoms with E-state index in [9.17, 15) is 0 Å². The van der Waals surface area contributed by atoms with Crippen LogP contribution in [-0.2, 0) is 12.5 Å². The molecule has 0 aliphatic heterocycles. The zero-order valence-electron chi connectivity index (χ0n) is 11.5. The second-order valence-corrected chi connectivity index (χ2v) is 6.22. The highest BCUT2D eigenvalue weighted by molar-refractivity contribution is 9.10. The molecule has 1 heterocycles. The predicted molar refractivity (Wildman–Crippen MR) is 84.4 cm³/mol. The second-order valence-electron chi connectivity index (χ2n) is 5.30. The lowest BCUT2D eigenvalue weighted by Gasteiger charge is -2.25. The largest absolute Gasteiger partial charge is 0.187 e. The number of benzene rings is 1. The zero-order valence-corrected chi connectivity index (χ0v) is 13.1.